The number of rotatable bonds is 0. The molecule has 0 aliphatic carbocycles. The minimum Gasteiger partial charge on any atom is -0.460 e. The highest BCUT2D eigenvalue weighted by Crippen LogP contribution is 2.13. The molecular formula is C13H21NO6. The first kappa shape index (κ1) is 16.6. The predicted molar refractivity (Wildman–Crippen MR) is 70.2 cm³/mol. The summed E-state index contributed by atoms with van der Waals surface area (Å²) in [6.07, 6.45) is 2.33. The highest BCUT2D eigenvalue weighted by atomic mass is 16.8. The van der Waals surface area contributed by atoms with Crippen molar-refractivity contribution in [3.63, 3.8) is 0 Å². The van der Waals surface area contributed by atoms with E-state index >= 15 is 0 Å². The molecule has 2 fully saturated rings. The molecule has 0 unspecified atom stereocenters. The molecule has 0 atom stereocenters. The third kappa shape index (κ3) is 6.63. The summed E-state index contributed by atoms with van der Waals surface area (Å²) in [4.78, 5) is 25.2. The van der Waals surface area contributed by atoms with E-state index in [-0.39, 0.29) is 25.3 Å². The molecule has 114 valence electrons. The number of hydrogen-bond acceptors (Lipinski definition) is 7. The Balaban J connectivity index is 0.000000200. The van der Waals surface area contributed by atoms with Crippen molar-refractivity contribution >= 4 is 17.7 Å². The molecule has 0 N–H and O–H groups in total. The lowest BCUT2D eigenvalue weighted by molar-refractivity contribution is -0.217. The molecule has 0 amide bonds. The van der Waals surface area contributed by atoms with Gasteiger partial charge in [-0.3, -0.25) is 9.79 Å². The first-order valence-corrected chi connectivity index (χ1v) is 6.46. The lowest BCUT2D eigenvalue weighted by atomic mass is 10.2. The number of aliphatic imine (C=N–C) groups is 1. The highest BCUT2D eigenvalue weighted by Gasteiger charge is 2.24. The molecule has 2 saturated heterocycles. The molecule has 2 aliphatic rings. The van der Waals surface area contributed by atoms with E-state index in [9.17, 15) is 9.59 Å². The van der Waals surface area contributed by atoms with Gasteiger partial charge in [0.2, 0.25) is 0 Å². The Bertz CT molecular complexity index is 377. The van der Waals surface area contributed by atoms with Crippen LogP contribution in [0.25, 0.3) is 0 Å². The number of cyclic esters (lactones) is 2. The third-order valence-corrected chi connectivity index (χ3v) is 2.73. The van der Waals surface area contributed by atoms with Crippen molar-refractivity contribution in [3.05, 3.63) is 0 Å². The zero-order chi connectivity index (χ0) is 15.0. The van der Waals surface area contributed by atoms with Gasteiger partial charge in [0.1, 0.15) is 13.2 Å². The van der Waals surface area contributed by atoms with Crippen molar-refractivity contribution in [2.24, 2.45) is 4.99 Å². The fraction of sp³-hybridized carbons (Fsp3) is 0.769. The first-order valence-electron chi connectivity index (χ1n) is 6.46. The quantitative estimate of drug-likeness (QED) is 0.619. The molecular weight excluding hydrogens is 266 g/mol. The second-order valence-corrected chi connectivity index (χ2v) is 4.77. The monoisotopic (exact) mass is 287 g/mol. The van der Waals surface area contributed by atoms with Crippen LogP contribution < -0.4 is 0 Å². The molecule has 0 saturated carbocycles. The molecule has 7 heteroatoms. The normalized spacial score (nSPS) is 24.6. The summed E-state index contributed by atoms with van der Waals surface area (Å²) in [7, 11) is 1.73. The van der Waals surface area contributed by atoms with Crippen LogP contribution in [-0.2, 0) is 28.5 Å². The highest BCUT2D eigenvalue weighted by molar-refractivity contribution is 5.88. The number of ether oxygens (including phenoxy) is 4. The van der Waals surface area contributed by atoms with Crippen molar-refractivity contribution in [1.29, 1.82) is 0 Å². The Morgan fingerprint density at radius 1 is 1.00 bits per heavy atom. The molecule has 0 spiro atoms. The largest absolute Gasteiger partial charge is 0.460 e. The number of hydrogen-bond donors (Lipinski definition) is 0. The summed E-state index contributed by atoms with van der Waals surface area (Å²) >= 11 is 0. The van der Waals surface area contributed by atoms with Crippen molar-refractivity contribution in [2.45, 2.75) is 38.9 Å². The predicted octanol–water partition coefficient (Wildman–Crippen LogP) is 1.05. The summed E-state index contributed by atoms with van der Waals surface area (Å²) in [5.41, 5.74) is 0.992. The van der Waals surface area contributed by atoms with Crippen molar-refractivity contribution in [2.75, 3.05) is 27.1 Å². The molecule has 2 aliphatic heterocycles. The van der Waals surface area contributed by atoms with Gasteiger partial charge in [0, 0.05) is 19.2 Å². The van der Waals surface area contributed by atoms with Crippen molar-refractivity contribution in [3.8, 4) is 0 Å². The standard InChI is InChI=1S/C7H11NO2.C6H10O4/c1-8-6-3-2-4-7(9)10-5-6;1-6(2)9-3-5(7)8-4-10-6/h2-5H2,1H3;3-4H2,1-2H3. The van der Waals surface area contributed by atoms with Gasteiger partial charge in [0.05, 0.1) is 0 Å². The Morgan fingerprint density at radius 2 is 1.75 bits per heavy atom. The van der Waals surface area contributed by atoms with E-state index in [0.717, 1.165) is 18.6 Å². The van der Waals surface area contributed by atoms with E-state index in [1.807, 2.05) is 0 Å². The fourth-order valence-electron chi connectivity index (χ4n) is 1.47. The van der Waals surface area contributed by atoms with E-state index in [2.05, 4.69) is 9.73 Å². The van der Waals surface area contributed by atoms with Crippen LogP contribution in [0.15, 0.2) is 4.99 Å². The number of carbonyl (C=O) groups excluding carboxylic acids is 2. The molecule has 2 rings (SSSR count). The van der Waals surface area contributed by atoms with Gasteiger partial charge in [-0.25, -0.2) is 4.79 Å². The van der Waals surface area contributed by atoms with Gasteiger partial charge < -0.3 is 18.9 Å². The average molecular weight is 287 g/mol. The van der Waals surface area contributed by atoms with Gasteiger partial charge in [0.15, 0.2) is 12.6 Å². The molecule has 7 nitrogen and oxygen atoms in total. The van der Waals surface area contributed by atoms with Crippen LogP contribution in [-0.4, -0.2) is 50.5 Å². The second-order valence-electron chi connectivity index (χ2n) is 4.77. The average Bonchev–Trinajstić information content (AvgIpc) is 2.69. The van der Waals surface area contributed by atoms with Crippen molar-refractivity contribution < 1.29 is 28.5 Å². The van der Waals surface area contributed by atoms with Crippen LogP contribution in [0, 0.1) is 0 Å². The number of esters is 2. The SMILES string of the molecule is CC1(C)OCOC(=O)CO1.CN=C1CCCC(=O)OC1. The minimum absolute atomic E-state index is 0.0220. The van der Waals surface area contributed by atoms with E-state index in [4.69, 9.17) is 14.2 Å². The summed E-state index contributed by atoms with van der Waals surface area (Å²) in [5, 5.41) is 0. The van der Waals surface area contributed by atoms with Gasteiger partial charge in [-0.15, -0.1) is 0 Å². The van der Waals surface area contributed by atoms with E-state index < -0.39 is 5.79 Å². The maximum Gasteiger partial charge on any atom is 0.334 e. The molecule has 0 aromatic heterocycles. The zero-order valence-electron chi connectivity index (χ0n) is 12.1. The maximum absolute atomic E-state index is 10.7. The number of carbonyl (C=O) groups is 2. The van der Waals surface area contributed by atoms with E-state index in [1.54, 1.807) is 20.9 Å². The van der Waals surface area contributed by atoms with Crippen LogP contribution in [0.2, 0.25) is 0 Å². The molecule has 0 radical (unpaired) electrons. The zero-order valence-corrected chi connectivity index (χ0v) is 12.1. The molecule has 20 heavy (non-hydrogen) atoms. The van der Waals surface area contributed by atoms with Gasteiger partial charge in [-0.05, 0) is 26.7 Å². The Labute approximate surface area is 118 Å². The van der Waals surface area contributed by atoms with Crippen LogP contribution in [0.3, 0.4) is 0 Å². The molecule has 2 heterocycles. The lowest BCUT2D eigenvalue weighted by Gasteiger charge is -2.20. The maximum atomic E-state index is 10.7. The summed E-state index contributed by atoms with van der Waals surface area (Å²) in [6, 6.07) is 0. The van der Waals surface area contributed by atoms with E-state index in [0.29, 0.717) is 13.0 Å². The smallest absolute Gasteiger partial charge is 0.334 e. The van der Waals surface area contributed by atoms with Gasteiger partial charge in [0.25, 0.3) is 0 Å². The molecule has 0 bridgehead atoms. The van der Waals surface area contributed by atoms with Gasteiger partial charge in [-0.2, -0.15) is 0 Å². The molecule has 0 aromatic rings. The van der Waals surface area contributed by atoms with Gasteiger partial charge >= 0.3 is 11.9 Å². The van der Waals surface area contributed by atoms with Crippen molar-refractivity contribution in [1.82, 2.24) is 0 Å². The minimum atomic E-state index is -0.702. The Hall–Kier alpha value is -1.47. The van der Waals surface area contributed by atoms with Crippen LogP contribution in [0.1, 0.15) is 33.1 Å². The van der Waals surface area contributed by atoms with E-state index in [1.165, 1.54) is 0 Å². The first-order chi connectivity index (χ1) is 9.43. The lowest BCUT2D eigenvalue weighted by Crippen LogP contribution is -2.27. The summed E-state index contributed by atoms with van der Waals surface area (Å²) < 4.78 is 19.4. The van der Waals surface area contributed by atoms with Crippen LogP contribution in [0.4, 0.5) is 0 Å². The fourth-order valence-corrected chi connectivity index (χ4v) is 1.47. The third-order valence-electron chi connectivity index (χ3n) is 2.73. The topological polar surface area (TPSA) is 83.4 Å². The van der Waals surface area contributed by atoms with Gasteiger partial charge in [-0.1, -0.05) is 0 Å². The summed E-state index contributed by atoms with van der Waals surface area (Å²) in [6.45, 7) is 3.80. The number of nitrogens with zero attached hydrogens (tertiary/aromatic N) is 1. The Morgan fingerprint density at radius 3 is 2.45 bits per heavy atom. The second kappa shape index (κ2) is 7.96. The molecule has 0 aromatic carbocycles. The Kier molecular flexibility index (Phi) is 6.60. The summed E-state index contributed by atoms with van der Waals surface area (Å²) in [5.74, 6) is -1.18. The van der Waals surface area contributed by atoms with Crippen LogP contribution in [0.5, 0.6) is 0 Å². The van der Waals surface area contributed by atoms with Crippen LogP contribution >= 0.6 is 0 Å².